The summed E-state index contributed by atoms with van der Waals surface area (Å²) in [6.07, 6.45) is 1.86. The smallest absolute Gasteiger partial charge is 0.270 e. The normalized spacial score (nSPS) is 15.3. The Morgan fingerprint density at radius 1 is 0.628 bits per heavy atom. The molecule has 4 aromatic carbocycles. The summed E-state index contributed by atoms with van der Waals surface area (Å²) in [5.41, 5.74) is 3.84. The fourth-order valence-corrected chi connectivity index (χ4v) is 6.53. The average molecular weight is 578 g/mol. The molecule has 0 saturated heterocycles. The Hall–Kier alpha value is -5.00. The topological polar surface area (TPSA) is 142 Å². The van der Waals surface area contributed by atoms with Gasteiger partial charge in [0, 0.05) is 78.9 Å². The van der Waals surface area contributed by atoms with Crippen LogP contribution in [0.2, 0.25) is 0 Å². The number of aryl methyl sites for hydroxylation is 2. The van der Waals surface area contributed by atoms with Gasteiger partial charge >= 0.3 is 0 Å². The number of amides is 4. The van der Waals surface area contributed by atoms with Crippen LogP contribution in [-0.4, -0.2) is 77.6 Å². The van der Waals surface area contributed by atoms with Crippen molar-refractivity contribution in [2.45, 2.75) is 12.8 Å². The maximum Gasteiger partial charge on any atom is 0.270 e. The molecule has 4 amide bonds. The van der Waals surface area contributed by atoms with Crippen molar-refractivity contribution in [1.29, 1.82) is 0 Å². The molecule has 7 rings (SSSR count). The van der Waals surface area contributed by atoms with Crippen molar-refractivity contribution < 1.29 is 24.1 Å². The zero-order chi connectivity index (χ0) is 29.8. The van der Waals surface area contributed by atoms with E-state index < -0.39 is 16.7 Å². The second-order valence-electron chi connectivity index (χ2n) is 11.0. The summed E-state index contributed by atoms with van der Waals surface area (Å²) in [6, 6.07) is 15.2. The van der Waals surface area contributed by atoms with Crippen molar-refractivity contribution in [3.05, 3.63) is 98.1 Å². The molecule has 0 spiro atoms. The summed E-state index contributed by atoms with van der Waals surface area (Å²) in [7, 11) is 0. The van der Waals surface area contributed by atoms with Crippen molar-refractivity contribution in [1.82, 2.24) is 20.4 Å². The van der Waals surface area contributed by atoms with Crippen LogP contribution >= 0.6 is 0 Å². The summed E-state index contributed by atoms with van der Waals surface area (Å²) >= 11 is 0. The molecule has 216 valence electrons. The number of imide groups is 2. The minimum Gasteiger partial charge on any atom is -0.314 e. The van der Waals surface area contributed by atoms with Gasteiger partial charge in [0.1, 0.15) is 0 Å². The van der Waals surface area contributed by atoms with Gasteiger partial charge in [0.25, 0.3) is 29.3 Å². The van der Waals surface area contributed by atoms with Gasteiger partial charge in [-0.2, -0.15) is 0 Å². The summed E-state index contributed by atoms with van der Waals surface area (Å²) in [5.74, 6) is -1.53. The molecule has 0 unspecified atom stereocenters. The molecule has 11 nitrogen and oxygen atoms in total. The fourth-order valence-electron chi connectivity index (χ4n) is 6.53. The zero-order valence-corrected chi connectivity index (χ0v) is 23.1. The number of nitro benzene ring substituents is 1. The molecule has 3 aliphatic rings. The average Bonchev–Trinajstić information content (AvgIpc) is 3.44. The van der Waals surface area contributed by atoms with Gasteiger partial charge in [0.15, 0.2) is 0 Å². The van der Waals surface area contributed by atoms with Crippen LogP contribution in [0.15, 0.2) is 54.6 Å². The molecule has 1 aliphatic carbocycles. The molecule has 0 bridgehead atoms. The van der Waals surface area contributed by atoms with Crippen LogP contribution in [0.4, 0.5) is 5.69 Å². The lowest BCUT2D eigenvalue weighted by atomic mass is 9.91. The van der Waals surface area contributed by atoms with Gasteiger partial charge in [-0.15, -0.1) is 0 Å². The van der Waals surface area contributed by atoms with Gasteiger partial charge < -0.3 is 10.6 Å². The molecule has 0 saturated carbocycles. The number of hydrogen-bond acceptors (Lipinski definition) is 8. The van der Waals surface area contributed by atoms with Crippen LogP contribution < -0.4 is 10.6 Å². The van der Waals surface area contributed by atoms with E-state index in [1.807, 2.05) is 24.3 Å². The Kier molecular flexibility index (Phi) is 6.48. The summed E-state index contributed by atoms with van der Waals surface area (Å²) in [4.78, 5) is 65.9. The molecule has 11 heteroatoms. The predicted molar refractivity (Wildman–Crippen MR) is 158 cm³/mol. The summed E-state index contributed by atoms with van der Waals surface area (Å²) in [5, 5.41) is 20.6. The van der Waals surface area contributed by atoms with Crippen LogP contribution in [0.3, 0.4) is 0 Å². The van der Waals surface area contributed by atoms with Gasteiger partial charge in [-0.3, -0.25) is 39.1 Å². The number of nitrogens with one attached hydrogen (secondary N) is 2. The quantitative estimate of drug-likeness (QED) is 0.127. The SMILES string of the molecule is O=C1c2cccc3cc([N+](=O)[O-])cc(c23)C(=O)N1CCNCCNCCN1C(=O)c2ccc3c4c(ccc(c24)C1=O)CC3. The van der Waals surface area contributed by atoms with Crippen LogP contribution in [-0.2, 0) is 12.8 Å². The van der Waals surface area contributed by atoms with Crippen molar-refractivity contribution in [2.75, 3.05) is 39.3 Å². The zero-order valence-electron chi connectivity index (χ0n) is 23.1. The van der Waals surface area contributed by atoms with Crippen molar-refractivity contribution in [3.8, 4) is 0 Å². The van der Waals surface area contributed by atoms with E-state index in [-0.39, 0.29) is 36.2 Å². The monoisotopic (exact) mass is 577 g/mol. The van der Waals surface area contributed by atoms with Crippen molar-refractivity contribution >= 4 is 50.9 Å². The van der Waals surface area contributed by atoms with E-state index >= 15 is 0 Å². The Morgan fingerprint density at radius 2 is 1.16 bits per heavy atom. The summed E-state index contributed by atoms with van der Waals surface area (Å²) in [6.45, 7) is 2.12. The van der Waals surface area contributed by atoms with E-state index in [1.54, 1.807) is 18.2 Å². The van der Waals surface area contributed by atoms with Crippen molar-refractivity contribution in [3.63, 3.8) is 0 Å². The lowest BCUT2D eigenvalue weighted by Gasteiger charge is -2.28. The maximum absolute atomic E-state index is 13.2. The van der Waals surface area contributed by atoms with E-state index in [4.69, 9.17) is 0 Å². The highest BCUT2D eigenvalue weighted by Crippen LogP contribution is 2.38. The van der Waals surface area contributed by atoms with Crippen LogP contribution in [0.5, 0.6) is 0 Å². The molecule has 0 fully saturated rings. The van der Waals surface area contributed by atoms with Gasteiger partial charge in [0.05, 0.1) is 10.5 Å². The lowest BCUT2D eigenvalue weighted by Crippen LogP contribution is -2.45. The first-order chi connectivity index (χ1) is 20.8. The molecule has 0 radical (unpaired) electrons. The van der Waals surface area contributed by atoms with E-state index in [2.05, 4.69) is 10.6 Å². The third kappa shape index (κ3) is 4.27. The van der Waals surface area contributed by atoms with Gasteiger partial charge in [-0.25, -0.2) is 0 Å². The molecular weight excluding hydrogens is 550 g/mol. The van der Waals surface area contributed by atoms with Crippen LogP contribution in [0.1, 0.15) is 52.6 Å². The van der Waals surface area contributed by atoms with E-state index in [9.17, 15) is 29.3 Å². The minimum absolute atomic E-state index is 0.0986. The number of nitrogens with zero attached hydrogens (tertiary/aromatic N) is 3. The van der Waals surface area contributed by atoms with E-state index in [1.165, 1.54) is 28.2 Å². The maximum atomic E-state index is 13.2. The second-order valence-corrected chi connectivity index (χ2v) is 11.0. The Bertz CT molecular complexity index is 1860. The molecule has 0 aromatic heterocycles. The van der Waals surface area contributed by atoms with Crippen molar-refractivity contribution in [2.24, 2.45) is 0 Å². The van der Waals surface area contributed by atoms with Gasteiger partial charge in [-0.05, 0) is 52.9 Å². The van der Waals surface area contributed by atoms with E-state index in [0.717, 1.165) is 28.5 Å². The number of non-ortho nitro benzene ring substituents is 1. The highest BCUT2D eigenvalue weighted by Gasteiger charge is 2.35. The second kappa shape index (κ2) is 10.4. The largest absolute Gasteiger partial charge is 0.314 e. The first-order valence-corrected chi connectivity index (χ1v) is 14.3. The first kappa shape index (κ1) is 26.9. The first-order valence-electron chi connectivity index (χ1n) is 14.3. The molecule has 4 aromatic rings. The Labute approximate surface area is 245 Å². The number of benzene rings is 4. The lowest BCUT2D eigenvalue weighted by molar-refractivity contribution is -0.384. The molecule has 2 aliphatic heterocycles. The standard InChI is InChI=1S/C32H27N5O6/c38-29-22-3-1-2-20-16-21(37(42)43)17-25(27(20)22)32(41)36(29)15-13-34-11-10-33-12-14-35-30(39)23-8-6-18-4-5-19-7-9-24(31(35)40)28(23)26(18)19/h1-3,6-9,16-17,33-34H,4-5,10-15H2. The molecule has 2 heterocycles. The molecule has 43 heavy (non-hydrogen) atoms. The molecule has 0 atom stereocenters. The van der Waals surface area contributed by atoms with E-state index in [0.29, 0.717) is 53.6 Å². The Balaban J connectivity index is 0.913. The number of carbonyl (C=O) groups excluding carboxylic acids is 4. The minimum atomic E-state index is -0.556. The van der Waals surface area contributed by atoms with Crippen LogP contribution in [0.25, 0.3) is 21.5 Å². The highest BCUT2D eigenvalue weighted by atomic mass is 16.6. The number of rotatable bonds is 10. The number of carbonyl (C=O) groups is 4. The third-order valence-corrected chi connectivity index (χ3v) is 8.57. The number of hydrogen-bond donors (Lipinski definition) is 2. The predicted octanol–water partition coefficient (Wildman–Crippen LogP) is 3.07. The summed E-state index contributed by atoms with van der Waals surface area (Å²) < 4.78 is 0. The third-order valence-electron chi connectivity index (χ3n) is 8.57. The molecule has 2 N–H and O–H groups in total. The Morgan fingerprint density at radius 3 is 1.72 bits per heavy atom. The van der Waals surface area contributed by atoms with Gasteiger partial charge in [-0.1, -0.05) is 24.3 Å². The van der Waals surface area contributed by atoms with Gasteiger partial charge in [0.2, 0.25) is 0 Å². The molecular formula is C32H27N5O6. The number of nitro groups is 1. The fraction of sp³-hybridized carbons (Fsp3) is 0.250. The highest BCUT2D eigenvalue weighted by molar-refractivity contribution is 6.27. The van der Waals surface area contributed by atoms with Crippen LogP contribution in [0, 0.1) is 10.1 Å².